The van der Waals surface area contributed by atoms with Gasteiger partial charge in [0.2, 0.25) is 0 Å². The van der Waals surface area contributed by atoms with E-state index in [0.717, 1.165) is 82.5 Å². The summed E-state index contributed by atoms with van der Waals surface area (Å²) in [5.41, 5.74) is 1.14. The summed E-state index contributed by atoms with van der Waals surface area (Å²) in [5.74, 6) is 1.86. The predicted molar refractivity (Wildman–Crippen MR) is 132 cm³/mol. The van der Waals surface area contributed by atoms with Gasteiger partial charge >= 0.3 is 0 Å². The van der Waals surface area contributed by atoms with Crippen LogP contribution in [0.15, 0.2) is 23.3 Å². The first-order valence-electron chi connectivity index (χ1n) is 10.8. The number of nitrogens with one attached hydrogen (secondary N) is 2. The lowest BCUT2D eigenvalue weighted by atomic mass is 10.2. The maximum Gasteiger partial charge on any atom is 0.191 e. The van der Waals surface area contributed by atoms with Crippen molar-refractivity contribution in [3.05, 3.63) is 23.9 Å². The second-order valence-corrected chi connectivity index (χ2v) is 7.73. The minimum Gasteiger partial charge on any atom is -0.379 e. The zero-order valence-electron chi connectivity index (χ0n) is 18.3. The molecule has 9 heteroatoms. The van der Waals surface area contributed by atoms with Gasteiger partial charge in [0.25, 0.3) is 0 Å². The molecule has 2 aliphatic rings. The third-order valence-corrected chi connectivity index (χ3v) is 5.41. The van der Waals surface area contributed by atoms with Crippen LogP contribution in [0.25, 0.3) is 0 Å². The van der Waals surface area contributed by atoms with Crippen LogP contribution in [0.5, 0.6) is 0 Å². The van der Waals surface area contributed by atoms with E-state index in [9.17, 15) is 0 Å². The van der Waals surface area contributed by atoms with Crippen molar-refractivity contribution in [2.75, 3.05) is 71.5 Å². The van der Waals surface area contributed by atoms with Gasteiger partial charge in [-0.2, -0.15) is 0 Å². The fourth-order valence-corrected chi connectivity index (χ4v) is 3.52. The van der Waals surface area contributed by atoms with Gasteiger partial charge in [0.1, 0.15) is 5.82 Å². The minimum absolute atomic E-state index is 0. The molecule has 1 unspecified atom stereocenters. The van der Waals surface area contributed by atoms with Crippen molar-refractivity contribution in [3.8, 4) is 0 Å². The fourth-order valence-electron chi connectivity index (χ4n) is 3.52. The van der Waals surface area contributed by atoms with E-state index in [4.69, 9.17) is 9.47 Å². The molecule has 8 nitrogen and oxygen atoms in total. The summed E-state index contributed by atoms with van der Waals surface area (Å²) < 4.78 is 11.2. The van der Waals surface area contributed by atoms with E-state index in [1.54, 1.807) is 7.05 Å². The monoisotopic (exact) mass is 532 g/mol. The molecule has 1 aromatic rings. The lowest BCUT2D eigenvalue weighted by Crippen LogP contribution is -2.44. The standard InChI is InChI=1S/C21H36N6O2.HI/c1-22-21(23-8-4-13-28-17-19-5-3-14-29-19)25-16-18-6-7-20(24-15-18)27-11-9-26(2)10-12-27;/h6-7,15,19H,3-5,8-14,16-17H2,1-2H3,(H2,22,23,25);1H. The molecule has 3 rings (SSSR count). The second-order valence-electron chi connectivity index (χ2n) is 7.73. The Kier molecular flexibility index (Phi) is 11.7. The van der Waals surface area contributed by atoms with Gasteiger partial charge < -0.3 is 29.9 Å². The van der Waals surface area contributed by atoms with Crippen molar-refractivity contribution < 1.29 is 9.47 Å². The Morgan fingerprint density at radius 1 is 1.27 bits per heavy atom. The molecule has 0 amide bonds. The Morgan fingerprint density at radius 2 is 2.10 bits per heavy atom. The highest BCUT2D eigenvalue weighted by Crippen LogP contribution is 2.13. The highest BCUT2D eigenvalue weighted by Gasteiger charge is 2.15. The van der Waals surface area contributed by atoms with Crippen LogP contribution in [-0.2, 0) is 16.0 Å². The van der Waals surface area contributed by atoms with Crippen molar-refractivity contribution in [2.45, 2.75) is 31.9 Å². The van der Waals surface area contributed by atoms with E-state index >= 15 is 0 Å². The predicted octanol–water partition coefficient (Wildman–Crippen LogP) is 1.70. The summed E-state index contributed by atoms with van der Waals surface area (Å²) in [5, 5.41) is 6.67. The highest BCUT2D eigenvalue weighted by atomic mass is 127. The maximum absolute atomic E-state index is 5.69. The molecule has 0 saturated carbocycles. The first-order valence-corrected chi connectivity index (χ1v) is 10.8. The van der Waals surface area contributed by atoms with Crippen LogP contribution in [-0.4, -0.2) is 88.6 Å². The summed E-state index contributed by atoms with van der Waals surface area (Å²) in [7, 11) is 3.96. The molecular formula is C21H37IN6O2. The lowest BCUT2D eigenvalue weighted by molar-refractivity contribution is 0.0168. The Labute approximate surface area is 197 Å². The molecule has 3 heterocycles. The van der Waals surface area contributed by atoms with E-state index in [1.165, 1.54) is 0 Å². The van der Waals surface area contributed by atoms with Crippen LogP contribution in [0, 0.1) is 0 Å². The van der Waals surface area contributed by atoms with Crippen LogP contribution in [0.2, 0.25) is 0 Å². The molecule has 2 aliphatic heterocycles. The molecule has 170 valence electrons. The molecule has 1 aromatic heterocycles. The summed E-state index contributed by atoms with van der Waals surface area (Å²) >= 11 is 0. The third kappa shape index (κ3) is 8.52. The lowest BCUT2D eigenvalue weighted by Gasteiger charge is -2.33. The average Bonchev–Trinajstić information content (AvgIpc) is 3.27. The van der Waals surface area contributed by atoms with Gasteiger partial charge in [-0.3, -0.25) is 4.99 Å². The molecule has 30 heavy (non-hydrogen) atoms. The van der Waals surface area contributed by atoms with Crippen LogP contribution in [0.3, 0.4) is 0 Å². The minimum atomic E-state index is 0. The summed E-state index contributed by atoms with van der Waals surface area (Å²) in [4.78, 5) is 13.6. The van der Waals surface area contributed by atoms with Crippen molar-refractivity contribution in [1.29, 1.82) is 0 Å². The number of hydrogen-bond acceptors (Lipinski definition) is 6. The smallest absolute Gasteiger partial charge is 0.191 e. The molecule has 0 radical (unpaired) electrons. The van der Waals surface area contributed by atoms with E-state index in [2.05, 4.69) is 49.6 Å². The number of aromatic nitrogens is 1. The van der Waals surface area contributed by atoms with Crippen molar-refractivity contribution in [3.63, 3.8) is 0 Å². The number of guanidine groups is 1. The van der Waals surface area contributed by atoms with Crippen LogP contribution >= 0.6 is 24.0 Å². The number of piperazine rings is 1. The van der Waals surface area contributed by atoms with Crippen LogP contribution < -0.4 is 15.5 Å². The maximum atomic E-state index is 5.69. The Hall–Kier alpha value is -1.17. The van der Waals surface area contributed by atoms with E-state index in [1.807, 2.05) is 6.20 Å². The number of halogens is 1. The van der Waals surface area contributed by atoms with E-state index in [0.29, 0.717) is 19.3 Å². The molecule has 0 aliphatic carbocycles. The summed E-state index contributed by atoms with van der Waals surface area (Å²) in [6.45, 7) is 8.11. The molecule has 0 aromatic carbocycles. The largest absolute Gasteiger partial charge is 0.379 e. The zero-order chi connectivity index (χ0) is 20.3. The topological polar surface area (TPSA) is 74.3 Å². The fraction of sp³-hybridized carbons (Fsp3) is 0.714. The van der Waals surface area contributed by atoms with Crippen molar-refractivity contribution in [2.24, 2.45) is 4.99 Å². The van der Waals surface area contributed by atoms with E-state index in [-0.39, 0.29) is 24.0 Å². The molecule has 2 fully saturated rings. The number of ether oxygens (including phenoxy) is 2. The van der Waals surface area contributed by atoms with Crippen LogP contribution in [0.4, 0.5) is 5.82 Å². The first kappa shape index (κ1) is 25.1. The number of aliphatic imine (C=N–C) groups is 1. The number of rotatable bonds is 9. The molecule has 0 spiro atoms. The Balaban J connectivity index is 0.00000320. The van der Waals surface area contributed by atoms with Crippen molar-refractivity contribution >= 4 is 35.8 Å². The quantitative estimate of drug-likeness (QED) is 0.217. The molecular weight excluding hydrogens is 495 g/mol. The van der Waals surface area contributed by atoms with Gasteiger partial charge in [0.05, 0.1) is 12.7 Å². The number of pyridine rings is 1. The number of anilines is 1. The number of likely N-dealkylation sites (N-methyl/N-ethyl adjacent to an activating group) is 1. The van der Waals surface area contributed by atoms with Gasteiger partial charge in [0.15, 0.2) is 5.96 Å². The Bertz CT molecular complexity index is 616. The van der Waals surface area contributed by atoms with Gasteiger partial charge in [0, 0.05) is 65.7 Å². The van der Waals surface area contributed by atoms with Gasteiger partial charge in [-0.15, -0.1) is 24.0 Å². The molecule has 1 atom stereocenters. The van der Waals surface area contributed by atoms with Crippen LogP contribution in [0.1, 0.15) is 24.8 Å². The molecule has 0 bridgehead atoms. The van der Waals surface area contributed by atoms with Gasteiger partial charge in [-0.1, -0.05) is 6.07 Å². The van der Waals surface area contributed by atoms with Crippen molar-refractivity contribution in [1.82, 2.24) is 20.5 Å². The molecule has 2 saturated heterocycles. The average molecular weight is 532 g/mol. The Morgan fingerprint density at radius 3 is 2.77 bits per heavy atom. The summed E-state index contributed by atoms with van der Waals surface area (Å²) in [6.07, 6.45) is 5.47. The van der Waals surface area contributed by atoms with Gasteiger partial charge in [-0.25, -0.2) is 4.98 Å². The zero-order valence-corrected chi connectivity index (χ0v) is 20.6. The SMILES string of the molecule is CN=C(NCCCOCC1CCCO1)NCc1ccc(N2CCN(C)CC2)nc1.I. The first-order chi connectivity index (χ1) is 14.2. The molecule has 2 N–H and O–H groups in total. The third-order valence-electron chi connectivity index (χ3n) is 5.41. The second kappa shape index (κ2) is 14.0. The van der Waals surface area contributed by atoms with Gasteiger partial charge in [-0.05, 0) is 37.9 Å². The summed E-state index contributed by atoms with van der Waals surface area (Å²) in [6, 6.07) is 4.25. The van der Waals surface area contributed by atoms with E-state index < -0.39 is 0 Å². The number of hydrogen-bond donors (Lipinski definition) is 2. The number of nitrogens with zero attached hydrogens (tertiary/aromatic N) is 4. The highest BCUT2D eigenvalue weighted by molar-refractivity contribution is 14.0. The normalized spacial score (nSPS) is 20.1.